The second kappa shape index (κ2) is 7.65. The van der Waals surface area contributed by atoms with Gasteiger partial charge in [0.15, 0.2) is 0 Å². The Morgan fingerprint density at radius 1 is 1.14 bits per heavy atom. The van der Waals surface area contributed by atoms with Crippen LogP contribution in [0.1, 0.15) is 11.1 Å². The minimum absolute atomic E-state index is 0.143. The SMILES string of the molecule is C#CCOc1c(Cl)cc(Cl)cc1CNc1cc(Cl)ccc1C. The molecule has 0 spiro atoms. The zero-order valence-electron chi connectivity index (χ0n) is 11.9. The van der Waals surface area contributed by atoms with Gasteiger partial charge in [-0.1, -0.05) is 46.8 Å². The molecule has 114 valence electrons. The van der Waals surface area contributed by atoms with Crippen LogP contribution < -0.4 is 10.1 Å². The van der Waals surface area contributed by atoms with Crippen molar-refractivity contribution in [2.45, 2.75) is 13.5 Å². The first-order chi connectivity index (χ1) is 10.5. The predicted octanol–water partition coefficient (Wildman–Crippen LogP) is 5.58. The Bertz CT molecular complexity index is 723. The zero-order valence-corrected chi connectivity index (χ0v) is 14.2. The number of halogens is 3. The zero-order chi connectivity index (χ0) is 16.1. The number of aryl methyl sites for hydroxylation is 1. The number of anilines is 1. The molecule has 2 rings (SSSR count). The molecule has 0 aliphatic rings. The van der Waals surface area contributed by atoms with Crippen LogP contribution in [0.5, 0.6) is 5.75 Å². The predicted molar refractivity (Wildman–Crippen MR) is 94.3 cm³/mol. The fourth-order valence-corrected chi connectivity index (χ4v) is 2.76. The second-order valence-electron chi connectivity index (χ2n) is 4.68. The molecule has 0 radical (unpaired) electrons. The summed E-state index contributed by atoms with van der Waals surface area (Å²) in [7, 11) is 0. The van der Waals surface area contributed by atoms with E-state index in [0.29, 0.717) is 27.4 Å². The molecule has 0 fully saturated rings. The molecule has 1 N–H and O–H groups in total. The van der Waals surface area contributed by atoms with E-state index < -0.39 is 0 Å². The van der Waals surface area contributed by atoms with Crippen LogP contribution in [0.2, 0.25) is 15.1 Å². The highest BCUT2D eigenvalue weighted by atomic mass is 35.5. The molecule has 0 atom stereocenters. The van der Waals surface area contributed by atoms with Crippen molar-refractivity contribution in [1.29, 1.82) is 0 Å². The molecular formula is C17H14Cl3NO. The van der Waals surface area contributed by atoms with E-state index in [1.54, 1.807) is 12.1 Å². The van der Waals surface area contributed by atoms with E-state index in [1.165, 1.54) is 0 Å². The number of terminal acetylenes is 1. The molecular weight excluding hydrogens is 341 g/mol. The highest BCUT2D eigenvalue weighted by molar-refractivity contribution is 6.35. The Balaban J connectivity index is 2.25. The van der Waals surface area contributed by atoms with Gasteiger partial charge in [-0.05, 0) is 36.8 Å². The highest BCUT2D eigenvalue weighted by Crippen LogP contribution is 2.33. The van der Waals surface area contributed by atoms with E-state index in [2.05, 4.69) is 11.2 Å². The van der Waals surface area contributed by atoms with Gasteiger partial charge in [0.2, 0.25) is 0 Å². The van der Waals surface area contributed by atoms with Crippen LogP contribution in [0.4, 0.5) is 5.69 Å². The first kappa shape index (κ1) is 16.8. The smallest absolute Gasteiger partial charge is 0.148 e. The van der Waals surface area contributed by atoms with E-state index in [9.17, 15) is 0 Å². The number of hydrogen-bond acceptors (Lipinski definition) is 2. The lowest BCUT2D eigenvalue weighted by Gasteiger charge is -2.15. The molecule has 0 unspecified atom stereocenters. The molecule has 2 aromatic carbocycles. The average molecular weight is 355 g/mol. The summed E-state index contributed by atoms with van der Waals surface area (Å²) in [6.45, 7) is 2.63. The number of benzene rings is 2. The van der Waals surface area contributed by atoms with Gasteiger partial charge < -0.3 is 10.1 Å². The van der Waals surface area contributed by atoms with Crippen molar-refractivity contribution in [2.24, 2.45) is 0 Å². The second-order valence-corrected chi connectivity index (χ2v) is 5.96. The van der Waals surface area contributed by atoms with Crippen LogP contribution >= 0.6 is 34.8 Å². The monoisotopic (exact) mass is 353 g/mol. The van der Waals surface area contributed by atoms with Gasteiger partial charge in [-0.15, -0.1) is 6.42 Å². The van der Waals surface area contributed by atoms with Crippen molar-refractivity contribution < 1.29 is 4.74 Å². The molecule has 0 aliphatic carbocycles. The van der Waals surface area contributed by atoms with Crippen molar-refractivity contribution in [3.8, 4) is 18.1 Å². The molecule has 2 aromatic rings. The van der Waals surface area contributed by atoms with Crippen molar-refractivity contribution >= 4 is 40.5 Å². The van der Waals surface area contributed by atoms with Crippen LogP contribution in [0.3, 0.4) is 0 Å². The number of rotatable bonds is 5. The molecule has 0 aromatic heterocycles. The average Bonchev–Trinajstić information content (AvgIpc) is 2.47. The minimum atomic E-state index is 0.143. The Hall–Kier alpha value is -1.53. The molecule has 0 aliphatic heterocycles. The lowest BCUT2D eigenvalue weighted by Crippen LogP contribution is -2.05. The van der Waals surface area contributed by atoms with Crippen LogP contribution in [0.15, 0.2) is 30.3 Å². The molecule has 0 saturated carbocycles. The molecule has 2 nitrogen and oxygen atoms in total. The number of ether oxygens (including phenoxy) is 1. The summed E-state index contributed by atoms with van der Waals surface area (Å²) in [4.78, 5) is 0. The fourth-order valence-electron chi connectivity index (χ4n) is 2.00. The van der Waals surface area contributed by atoms with E-state index >= 15 is 0 Å². The third-order valence-electron chi connectivity index (χ3n) is 3.05. The first-order valence-corrected chi connectivity index (χ1v) is 7.69. The first-order valence-electron chi connectivity index (χ1n) is 6.55. The van der Waals surface area contributed by atoms with Crippen molar-refractivity contribution in [1.82, 2.24) is 0 Å². The van der Waals surface area contributed by atoms with Gasteiger partial charge in [0.05, 0.1) is 5.02 Å². The molecule has 22 heavy (non-hydrogen) atoms. The third-order valence-corrected chi connectivity index (χ3v) is 3.79. The summed E-state index contributed by atoms with van der Waals surface area (Å²) in [6.07, 6.45) is 5.23. The molecule has 0 amide bonds. The van der Waals surface area contributed by atoms with Gasteiger partial charge in [-0.25, -0.2) is 0 Å². The van der Waals surface area contributed by atoms with Crippen molar-refractivity contribution in [3.63, 3.8) is 0 Å². The van der Waals surface area contributed by atoms with Gasteiger partial charge >= 0.3 is 0 Å². The summed E-state index contributed by atoms with van der Waals surface area (Å²) >= 11 is 18.3. The van der Waals surface area contributed by atoms with Crippen molar-refractivity contribution in [2.75, 3.05) is 11.9 Å². The van der Waals surface area contributed by atoms with Crippen LogP contribution in [0, 0.1) is 19.3 Å². The molecule has 0 bridgehead atoms. The Morgan fingerprint density at radius 2 is 1.91 bits per heavy atom. The van der Waals surface area contributed by atoms with Crippen molar-refractivity contribution in [3.05, 3.63) is 56.5 Å². The van der Waals surface area contributed by atoms with E-state index in [1.807, 2.05) is 25.1 Å². The van der Waals surface area contributed by atoms with Crippen LogP contribution in [-0.2, 0) is 6.54 Å². The molecule has 0 saturated heterocycles. The van der Waals surface area contributed by atoms with Crippen LogP contribution in [-0.4, -0.2) is 6.61 Å². The third kappa shape index (κ3) is 4.24. The van der Waals surface area contributed by atoms with Crippen LogP contribution in [0.25, 0.3) is 0 Å². The van der Waals surface area contributed by atoms with Gasteiger partial charge in [0, 0.05) is 27.8 Å². The normalized spacial score (nSPS) is 10.1. The number of nitrogens with one attached hydrogen (secondary N) is 1. The fraction of sp³-hybridized carbons (Fsp3) is 0.176. The quantitative estimate of drug-likeness (QED) is 0.708. The van der Waals surface area contributed by atoms with Gasteiger partial charge in [0.25, 0.3) is 0 Å². The van der Waals surface area contributed by atoms with Gasteiger partial charge in [-0.2, -0.15) is 0 Å². The van der Waals surface area contributed by atoms with E-state index in [4.69, 9.17) is 46.0 Å². The largest absolute Gasteiger partial charge is 0.479 e. The van der Waals surface area contributed by atoms with E-state index in [-0.39, 0.29) is 6.61 Å². The van der Waals surface area contributed by atoms with Gasteiger partial charge in [-0.3, -0.25) is 0 Å². The Kier molecular flexibility index (Phi) is 5.85. The maximum atomic E-state index is 6.18. The topological polar surface area (TPSA) is 21.3 Å². The summed E-state index contributed by atoms with van der Waals surface area (Å²) in [6, 6.07) is 9.09. The summed E-state index contributed by atoms with van der Waals surface area (Å²) < 4.78 is 5.52. The maximum Gasteiger partial charge on any atom is 0.148 e. The molecule has 0 heterocycles. The summed E-state index contributed by atoms with van der Waals surface area (Å²) in [5.74, 6) is 2.96. The summed E-state index contributed by atoms with van der Waals surface area (Å²) in [5, 5.41) is 4.95. The lowest BCUT2D eigenvalue weighted by molar-refractivity contribution is 0.367. The lowest BCUT2D eigenvalue weighted by atomic mass is 10.1. The molecule has 5 heteroatoms. The summed E-state index contributed by atoms with van der Waals surface area (Å²) in [5.41, 5.74) is 2.85. The highest BCUT2D eigenvalue weighted by Gasteiger charge is 2.11. The standard InChI is InChI=1S/C17H14Cl3NO/c1-3-6-22-17-12(7-14(19)8-15(17)20)10-21-16-9-13(18)5-4-11(16)2/h1,4-5,7-9,21H,6,10H2,2H3. The minimum Gasteiger partial charge on any atom is -0.479 e. The Morgan fingerprint density at radius 3 is 2.64 bits per heavy atom. The maximum absolute atomic E-state index is 6.18. The number of hydrogen-bond donors (Lipinski definition) is 1. The Labute approximate surface area is 145 Å². The van der Waals surface area contributed by atoms with E-state index in [0.717, 1.165) is 16.8 Å². The van der Waals surface area contributed by atoms with Gasteiger partial charge in [0.1, 0.15) is 12.4 Å².